The fourth-order valence-corrected chi connectivity index (χ4v) is 2.01. The van der Waals surface area contributed by atoms with E-state index in [4.69, 9.17) is 10.5 Å². The molecule has 0 saturated carbocycles. The number of aryl methyl sites for hydroxylation is 3. The summed E-state index contributed by atoms with van der Waals surface area (Å²) in [5.41, 5.74) is 10.0. The number of ether oxygens (including phenoxy) is 1. The molecule has 0 atom stereocenters. The maximum atomic E-state index is 11.7. The van der Waals surface area contributed by atoms with E-state index in [1.807, 2.05) is 13.8 Å². The van der Waals surface area contributed by atoms with Crippen LogP contribution in [0.2, 0.25) is 0 Å². The van der Waals surface area contributed by atoms with Crippen molar-refractivity contribution >= 4 is 5.78 Å². The Bertz CT molecular complexity index is 376. The van der Waals surface area contributed by atoms with E-state index in [2.05, 4.69) is 19.1 Å². The van der Waals surface area contributed by atoms with Gasteiger partial charge in [-0.1, -0.05) is 17.7 Å². The van der Waals surface area contributed by atoms with Crippen molar-refractivity contribution in [2.75, 3.05) is 19.8 Å². The first-order valence-corrected chi connectivity index (χ1v) is 5.91. The van der Waals surface area contributed by atoms with Gasteiger partial charge in [-0.15, -0.1) is 0 Å². The van der Waals surface area contributed by atoms with Gasteiger partial charge in [-0.3, -0.25) is 4.79 Å². The molecule has 2 N–H and O–H groups in total. The van der Waals surface area contributed by atoms with Gasteiger partial charge in [-0.05, 0) is 37.5 Å². The number of carbonyl (C=O) groups excluding carboxylic acids is 1. The molecule has 94 valence electrons. The first-order valence-electron chi connectivity index (χ1n) is 5.91. The quantitative estimate of drug-likeness (QED) is 0.763. The van der Waals surface area contributed by atoms with E-state index in [1.54, 1.807) is 0 Å². The van der Waals surface area contributed by atoms with Gasteiger partial charge in [0.15, 0.2) is 5.78 Å². The average Bonchev–Trinajstić information content (AvgIpc) is 2.24. The second-order valence-electron chi connectivity index (χ2n) is 4.43. The highest BCUT2D eigenvalue weighted by molar-refractivity contribution is 5.82. The van der Waals surface area contributed by atoms with Crippen molar-refractivity contribution in [3.63, 3.8) is 0 Å². The van der Waals surface area contributed by atoms with Gasteiger partial charge in [0.25, 0.3) is 0 Å². The molecule has 0 heterocycles. The lowest BCUT2D eigenvalue weighted by Crippen LogP contribution is -2.17. The van der Waals surface area contributed by atoms with Crippen molar-refractivity contribution in [1.29, 1.82) is 0 Å². The molecule has 1 aromatic rings. The Hall–Kier alpha value is -1.19. The molecule has 0 saturated heterocycles. The summed E-state index contributed by atoms with van der Waals surface area (Å²) in [6.45, 7) is 7.21. The second-order valence-corrected chi connectivity index (χ2v) is 4.43. The smallest absolute Gasteiger partial charge is 0.162 e. The zero-order valence-electron chi connectivity index (χ0n) is 10.9. The summed E-state index contributed by atoms with van der Waals surface area (Å²) in [5.74, 6) is 0.105. The van der Waals surface area contributed by atoms with E-state index < -0.39 is 0 Å². The molecule has 1 aromatic carbocycles. The number of hydrogen-bond acceptors (Lipinski definition) is 3. The number of Topliss-reactive ketones (excluding diaryl/α,β-unsaturated/α-hetero) is 1. The summed E-state index contributed by atoms with van der Waals surface area (Å²) < 4.78 is 5.15. The molecule has 0 spiro atoms. The Kier molecular flexibility index (Phi) is 5.32. The SMILES string of the molecule is Cc1cc(C)c(CC(=O)COCCN)c(C)c1. The molecule has 0 aliphatic rings. The number of carbonyl (C=O) groups is 1. The zero-order valence-corrected chi connectivity index (χ0v) is 10.9. The monoisotopic (exact) mass is 235 g/mol. The van der Waals surface area contributed by atoms with Crippen LogP contribution < -0.4 is 5.73 Å². The topological polar surface area (TPSA) is 52.3 Å². The first kappa shape index (κ1) is 13.9. The van der Waals surface area contributed by atoms with E-state index in [9.17, 15) is 4.79 Å². The summed E-state index contributed by atoms with van der Waals surface area (Å²) in [4.78, 5) is 11.7. The molecule has 3 heteroatoms. The minimum atomic E-state index is 0.105. The summed E-state index contributed by atoms with van der Waals surface area (Å²) in [5, 5.41) is 0. The molecule has 17 heavy (non-hydrogen) atoms. The predicted octanol–water partition coefficient (Wildman–Crippen LogP) is 1.70. The van der Waals surface area contributed by atoms with Crippen LogP contribution >= 0.6 is 0 Å². The standard InChI is InChI=1S/C14H21NO2/c1-10-6-11(2)14(12(3)7-10)8-13(16)9-17-5-4-15/h6-7H,4-5,8-9,15H2,1-3H3. The number of ketones is 1. The third-order valence-electron chi connectivity index (χ3n) is 2.74. The molecule has 0 amide bonds. The number of benzene rings is 1. The molecular weight excluding hydrogens is 214 g/mol. The van der Waals surface area contributed by atoms with Crippen molar-refractivity contribution in [1.82, 2.24) is 0 Å². The number of hydrogen-bond donors (Lipinski definition) is 1. The molecule has 0 unspecified atom stereocenters. The molecule has 0 aromatic heterocycles. The Labute approximate surface area is 103 Å². The van der Waals surface area contributed by atoms with Crippen LogP contribution in [0.25, 0.3) is 0 Å². The zero-order chi connectivity index (χ0) is 12.8. The van der Waals surface area contributed by atoms with Crippen molar-refractivity contribution < 1.29 is 9.53 Å². The van der Waals surface area contributed by atoms with E-state index in [0.29, 0.717) is 19.6 Å². The minimum Gasteiger partial charge on any atom is -0.372 e. The molecule has 0 aliphatic heterocycles. The number of nitrogens with two attached hydrogens (primary N) is 1. The van der Waals surface area contributed by atoms with E-state index in [0.717, 1.165) is 5.56 Å². The Balaban J connectivity index is 2.65. The van der Waals surface area contributed by atoms with Crippen LogP contribution in [0, 0.1) is 20.8 Å². The van der Waals surface area contributed by atoms with Gasteiger partial charge in [-0.25, -0.2) is 0 Å². The van der Waals surface area contributed by atoms with Crippen LogP contribution in [0.4, 0.5) is 0 Å². The van der Waals surface area contributed by atoms with Gasteiger partial charge in [0.1, 0.15) is 6.61 Å². The van der Waals surface area contributed by atoms with Gasteiger partial charge in [0.2, 0.25) is 0 Å². The van der Waals surface area contributed by atoms with E-state index in [-0.39, 0.29) is 12.4 Å². The van der Waals surface area contributed by atoms with Gasteiger partial charge in [0, 0.05) is 13.0 Å². The molecule has 1 rings (SSSR count). The van der Waals surface area contributed by atoms with E-state index >= 15 is 0 Å². The van der Waals surface area contributed by atoms with Crippen LogP contribution in [0.1, 0.15) is 22.3 Å². The third-order valence-corrected chi connectivity index (χ3v) is 2.74. The lowest BCUT2D eigenvalue weighted by molar-refractivity contribution is -0.122. The molecule has 0 bridgehead atoms. The van der Waals surface area contributed by atoms with Crippen LogP contribution in [0.15, 0.2) is 12.1 Å². The second kappa shape index (κ2) is 6.52. The summed E-state index contributed by atoms with van der Waals surface area (Å²) in [7, 11) is 0. The molecule has 0 fully saturated rings. The van der Waals surface area contributed by atoms with Gasteiger partial charge in [0.05, 0.1) is 6.61 Å². The van der Waals surface area contributed by atoms with Crippen LogP contribution in [-0.2, 0) is 16.0 Å². The van der Waals surface area contributed by atoms with Gasteiger partial charge in [-0.2, -0.15) is 0 Å². The Morgan fingerprint density at radius 2 is 1.82 bits per heavy atom. The number of rotatable bonds is 6. The highest BCUT2D eigenvalue weighted by atomic mass is 16.5. The largest absolute Gasteiger partial charge is 0.372 e. The van der Waals surface area contributed by atoms with Crippen LogP contribution in [0.5, 0.6) is 0 Å². The van der Waals surface area contributed by atoms with Crippen LogP contribution in [0.3, 0.4) is 0 Å². The summed E-state index contributed by atoms with van der Waals surface area (Å²) >= 11 is 0. The third kappa shape index (κ3) is 4.29. The van der Waals surface area contributed by atoms with Crippen molar-refractivity contribution in [3.05, 3.63) is 34.4 Å². The highest BCUT2D eigenvalue weighted by Gasteiger charge is 2.09. The predicted molar refractivity (Wildman–Crippen MR) is 69.2 cm³/mol. The van der Waals surface area contributed by atoms with Crippen molar-refractivity contribution in [2.45, 2.75) is 27.2 Å². The molecule has 3 nitrogen and oxygen atoms in total. The first-order chi connectivity index (χ1) is 8.04. The fraction of sp³-hybridized carbons (Fsp3) is 0.500. The molecular formula is C14H21NO2. The minimum absolute atomic E-state index is 0.105. The highest BCUT2D eigenvalue weighted by Crippen LogP contribution is 2.17. The fourth-order valence-electron chi connectivity index (χ4n) is 2.01. The van der Waals surface area contributed by atoms with Gasteiger partial charge >= 0.3 is 0 Å². The van der Waals surface area contributed by atoms with Crippen LogP contribution in [-0.4, -0.2) is 25.5 Å². The molecule has 0 aliphatic carbocycles. The lowest BCUT2D eigenvalue weighted by atomic mass is 9.96. The lowest BCUT2D eigenvalue weighted by Gasteiger charge is -2.10. The average molecular weight is 235 g/mol. The van der Waals surface area contributed by atoms with E-state index in [1.165, 1.54) is 16.7 Å². The van der Waals surface area contributed by atoms with Crippen molar-refractivity contribution in [2.24, 2.45) is 5.73 Å². The van der Waals surface area contributed by atoms with Gasteiger partial charge < -0.3 is 10.5 Å². The molecule has 0 radical (unpaired) electrons. The maximum Gasteiger partial charge on any atom is 0.162 e. The Morgan fingerprint density at radius 3 is 2.35 bits per heavy atom. The Morgan fingerprint density at radius 1 is 1.24 bits per heavy atom. The summed E-state index contributed by atoms with van der Waals surface area (Å²) in [6, 6.07) is 4.21. The maximum absolute atomic E-state index is 11.7. The summed E-state index contributed by atoms with van der Waals surface area (Å²) in [6.07, 6.45) is 0.447. The van der Waals surface area contributed by atoms with Crippen molar-refractivity contribution in [3.8, 4) is 0 Å². The normalized spacial score (nSPS) is 10.6.